The van der Waals surface area contributed by atoms with Gasteiger partial charge in [-0.05, 0) is 37.1 Å². The maximum Gasteiger partial charge on any atom is 0.374 e. The van der Waals surface area contributed by atoms with Gasteiger partial charge in [0, 0.05) is 30.8 Å². The molecular weight excluding hydrogens is 396 g/mol. The number of likely N-dealkylation sites (tertiary alicyclic amines) is 1. The molecular formula is C20H20N2O8. The largest absolute Gasteiger partial charge is 0.469 e. The summed E-state index contributed by atoms with van der Waals surface area (Å²) in [5.41, 5.74) is 0.503. The van der Waals surface area contributed by atoms with Crippen LogP contribution in [0.5, 0.6) is 0 Å². The van der Waals surface area contributed by atoms with E-state index in [0.717, 1.165) is 0 Å². The van der Waals surface area contributed by atoms with Crippen LogP contribution in [0.15, 0.2) is 40.8 Å². The average molecular weight is 416 g/mol. The Morgan fingerprint density at radius 1 is 1.13 bits per heavy atom. The van der Waals surface area contributed by atoms with Crippen molar-refractivity contribution >= 4 is 23.5 Å². The Kier molecular flexibility index (Phi) is 6.45. The topological polar surface area (TPSA) is 129 Å². The standard InChI is InChI=1S/C20H20N2O8/c1-28-19(24)14-8-10-21(11-9-14)18(23)12-29-20(25)17-7-6-16(30-17)13-2-4-15(5-3-13)22(26)27/h2-7,14H,8-12H2,1H3. The van der Waals surface area contributed by atoms with Crippen molar-refractivity contribution in [2.24, 2.45) is 5.92 Å². The first-order valence-corrected chi connectivity index (χ1v) is 9.26. The van der Waals surface area contributed by atoms with Gasteiger partial charge in [0.2, 0.25) is 5.76 Å². The lowest BCUT2D eigenvalue weighted by molar-refractivity contribution is -0.384. The number of benzene rings is 1. The Balaban J connectivity index is 1.51. The quantitative estimate of drug-likeness (QED) is 0.399. The lowest BCUT2D eigenvalue weighted by Gasteiger charge is -2.30. The molecule has 0 spiro atoms. The van der Waals surface area contributed by atoms with Crippen LogP contribution in [0.4, 0.5) is 5.69 Å². The molecule has 10 heteroatoms. The van der Waals surface area contributed by atoms with Gasteiger partial charge in [0.05, 0.1) is 18.0 Å². The second-order valence-electron chi connectivity index (χ2n) is 6.72. The lowest BCUT2D eigenvalue weighted by atomic mass is 9.97. The van der Waals surface area contributed by atoms with E-state index in [1.54, 1.807) is 0 Å². The number of furan rings is 1. The number of ether oxygens (including phenoxy) is 2. The van der Waals surface area contributed by atoms with E-state index in [-0.39, 0.29) is 29.2 Å². The van der Waals surface area contributed by atoms with E-state index < -0.39 is 17.5 Å². The van der Waals surface area contributed by atoms with Gasteiger partial charge in [-0.25, -0.2) is 4.79 Å². The molecule has 1 aliphatic heterocycles. The molecule has 2 heterocycles. The number of carbonyl (C=O) groups excluding carboxylic acids is 3. The molecule has 0 bridgehead atoms. The Labute approximate surface area is 171 Å². The van der Waals surface area contributed by atoms with Crippen LogP contribution in [0.3, 0.4) is 0 Å². The molecule has 0 radical (unpaired) electrons. The van der Waals surface area contributed by atoms with Crippen molar-refractivity contribution in [2.75, 3.05) is 26.8 Å². The van der Waals surface area contributed by atoms with Crippen molar-refractivity contribution in [3.05, 3.63) is 52.3 Å². The minimum atomic E-state index is -0.791. The van der Waals surface area contributed by atoms with E-state index in [0.29, 0.717) is 37.3 Å². The number of non-ortho nitro benzene ring substituents is 1. The molecule has 1 saturated heterocycles. The number of rotatable bonds is 6. The smallest absolute Gasteiger partial charge is 0.374 e. The fourth-order valence-corrected chi connectivity index (χ4v) is 3.17. The number of nitro benzene ring substituents is 1. The molecule has 0 atom stereocenters. The number of hydrogen-bond acceptors (Lipinski definition) is 8. The van der Waals surface area contributed by atoms with Crippen LogP contribution in [0.1, 0.15) is 23.4 Å². The predicted molar refractivity (Wildman–Crippen MR) is 102 cm³/mol. The molecule has 0 aliphatic carbocycles. The maximum absolute atomic E-state index is 12.2. The van der Waals surface area contributed by atoms with Gasteiger partial charge in [0.1, 0.15) is 5.76 Å². The van der Waals surface area contributed by atoms with Gasteiger partial charge in [-0.1, -0.05) is 0 Å². The summed E-state index contributed by atoms with van der Waals surface area (Å²) in [5, 5.41) is 10.7. The van der Waals surface area contributed by atoms with Gasteiger partial charge in [-0.3, -0.25) is 19.7 Å². The highest BCUT2D eigenvalue weighted by Gasteiger charge is 2.28. The Bertz CT molecular complexity index is 942. The summed E-state index contributed by atoms with van der Waals surface area (Å²) < 4.78 is 15.2. The van der Waals surface area contributed by atoms with E-state index in [2.05, 4.69) is 0 Å². The molecule has 0 saturated carbocycles. The third-order valence-corrected chi connectivity index (χ3v) is 4.88. The van der Waals surface area contributed by atoms with Crippen LogP contribution < -0.4 is 0 Å². The Hall–Kier alpha value is -3.69. The third-order valence-electron chi connectivity index (χ3n) is 4.88. The zero-order chi connectivity index (χ0) is 21.7. The van der Waals surface area contributed by atoms with Gasteiger partial charge in [-0.15, -0.1) is 0 Å². The fraction of sp³-hybridized carbons (Fsp3) is 0.350. The maximum atomic E-state index is 12.2. The minimum absolute atomic E-state index is 0.0564. The lowest BCUT2D eigenvalue weighted by Crippen LogP contribution is -2.42. The van der Waals surface area contributed by atoms with Crippen LogP contribution >= 0.6 is 0 Å². The third kappa shape index (κ3) is 4.83. The molecule has 10 nitrogen and oxygen atoms in total. The summed E-state index contributed by atoms with van der Waals surface area (Å²) in [6, 6.07) is 8.62. The summed E-state index contributed by atoms with van der Waals surface area (Å²) in [6.45, 7) is 0.345. The van der Waals surface area contributed by atoms with Gasteiger partial charge in [-0.2, -0.15) is 0 Å². The van der Waals surface area contributed by atoms with Crippen molar-refractivity contribution in [3.63, 3.8) is 0 Å². The summed E-state index contributed by atoms with van der Waals surface area (Å²) in [4.78, 5) is 47.7. The number of esters is 2. The van der Waals surface area contributed by atoms with Crippen molar-refractivity contribution in [2.45, 2.75) is 12.8 Å². The zero-order valence-corrected chi connectivity index (χ0v) is 16.2. The second kappa shape index (κ2) is 9.21. The molecule has 1 fully saturated rings. The average Bonchev–Trinajstić information content (AvgIpc) is 3.27. The van der Waals surface area contributed by atoms with Crippen molar-refractivity contribution in [1.82, 2.24) is 4.90 Å². The minimum Gasteiger partial charge on any atom is -0.469 e. The van der Waals surface area contributed by atoms with E-state index in [1.165, 1.54) is 48.4 Å². The monoisotopic (exact) mass is 416 g/mol. The van der Waals surface area contributed by atoms with Gasteiger partial charge < -0.3 is 18.8 Å². The number of nitrogens with zero attached hydrogens (tertiary/aromatic N) is 2. The molecule has 0 unspecified atom stereocenters. The number of piperidine rings is 1. The summed E-state index contributed by atoms with van der Waals surface area (Å²) in [6.07, 6.45) is 1.01. The molecule has 1 aliphatic rings. The van der Waals surface area contributed by atoms with E-state index in [4.69, 9.17) is 13.9 Å². The summed E-state index contributed by atoms with van der Waals surface area (Å²) >= 11 is 0. The first kappa shape index (κ1) is 21.0. The second-order valence-corrected chi connectivity index (χ2v) is 6.72. The zero-order valence-electron chi connectivity index (χ0n) is 16.2. The SMILES string of the molecule is COC(=O)C1CCN(C(=O)COC(=O)c2ccc(-c3ccc([N+](=O)[O-])cc3)o2)CC1. The molecule has 158 valence electrons. The van der Waals surface area contributed by atoms with Crippen LogP contribution in [0.25, 0.3) is 11.3 Å². The van der Waals surface area contributed by atoms with Crippen LogP contribution in [-0.2, 0) is 19.1 Å². The van der Waals surface area contributed by atoms with Crippen molar-refractivity contribution < 1.29 is 33.2 Å². The first-order chi connectivity index (χ1) is 14.4. The predicted octanol–water partition coefficient (Wildman–Crippen LogP) is 2.42. The van der Waals surface area contributed by atoms with Crippen LogP contribution in [0.2, 0.25) is 0 Å². The number of hydrogen-bond donors (Lipinski definition) is 0. The fourth-order valence-electron chi connectivity index (χ4n) is 3.17. The van der Waals surface area contributed by atoms with Gasteiger partial charge in [0.25, 0.3) is 11.6 Å². The van der Waals surface area contributed by atoms with Crippen molar-refractivity contribution in [3.8, 4) is 11.3 Å². The highest BCUT2D eigenvalue weighted by atomic mass is 16.6. The molecule has 30 heavy (non-hydrogen) atoms. The molecule has 3 rings (SSSR count). The Morgan fingerprint density at radius 2 is 1.80 bits per heavy atom. The van der Waals surface area contributed by atoms with Crippen LogP contribution in [0, 0.1) is 16.0 Å². The highest BCUT2D eigenvalue weighted by molar-refractivity contribution is 5.89. The molecule has 1 aromatic heterocycles. The first-order valence-electron chi connectivity index (χ1n) is 9.26. The number of nitro groups is 1. The summed E-state index contributed by atoms with van der Waals surface area (Å²) in [5.74, 6) is -1.39. The van der Waals surface area contributed by atoms with Crippen LogP contribution in [-0.4, -0.2) is 54.5 Å². The van der Waals surface area contributed by atoms with Gasteiger partial charge in [0.15, 0.2) is 6.61 Å². The highest BCUT2D eigenvalue weighted by Crippen LogP contribution is 2.25. The van der Waals surface area contributed by atoms with Gasteiger partial charge >= 0.3 is 11.9 Å². The number of amides is 1. The van der Waals surface area contributed by atoms with E-state index in [9.17, 15) is 24.5 Å². The van der Waals surface area contributed by atoms with Crippen molar-refractivity contribution in [1.29, 1.82) is 0 Å². The molecule has 0 N–H and O–H groups in total. The van der Waals surface area contributed by atoms with E-state index >= 15 is 0 Å². The Morgan fingerprint density at radius 3 is 2.40 bits per heavy atom. The van der Waals surface area contributed by atoms with E-state index in [1.807, 2.05) is 0 Å². The normalized spacial score (nSPS) is 14.2. The molecule has 1 aromatic carbocycles. The number of carbonyl (C=O) groups is 3. The molecule has 1 amide bonds. The number of methoxy groups -OCH3 is 1. The summed E-state index contributed by atoms with van der Waals surface area (Å²) in [7, 11) is 1.33. The molecule has 2 aromatic rings.